The van der Waals surface area contributed by atoms with Gasteiger partial charge in [0, 0.05) is 10.2 Å². The molecule has 3 aromatic carbocycles. The third-order valence-electron chi connectivity index (χ3n) is 4.51. The van der Waals surface area contributed by atoms with Crippen molar-refractivity contribution >= 4 is 54.5 Å². The number of aryl methyl sites for hydroxylation is 1. The Kier molecular flexibility index (Phi) is 6.24. The van der Waals surface area contributed by atoms with Gasteiger partial charge in [0.05, 0.1) is 17.3 Å². The third-order valence-corrected chi connectivity index (χ3v) is 5.56. The summed E-state index contributed by atoms with van der Waals surface area (Å²) in [5.74, 6) is 1.13. The first-order chi connectivity index (χ1) is 14.9. The molecule has 0 radical (unpaired) electrons. The average molecular weight is 546 g/mol. The van der Waals surface area contributed by atoms with E-state index in [1.807, 2.05) is 49.4 Å². The van der Waals surface area contributed by atoms with Gasteiger partial charge in [0.15, 0.2) is 6.61 Å². The Labute approximate surface area is 195 Å². The molecule has 4 rings (SSSR count). The summed E-state index contributed by atoms with van der Waals surface area (Å²) in [6, 6.07) is 16.6. The number of anilines is 1. The van der Waals surface area contributed by atoms with Crippen LogP contribution in [-0.2, 0) is 4.79 Å². The second-order valence-electron chi connectivity index (χ2n) is 6.76. The Morgan fingerprint density at radius 2 is 1.77 bits per heavy atom. The topological polar surface area (TPSA) is 78.3 Å². The molecule has 31 heavy (non-hydrogen) atoms. The minimum atomic E-state index is -0.267. The molecule has 0 saturated carbocycles. The van der Waals surface area contributed by atoms with Crippen LogP contribution < -0.4 is 14.8 Å². The zero-order valence-electron chi connectivity index (χ0n) is 16.7. The molecule has 0 atom stereocenters. The van der Waals surface area contributed by atoms with Crippen molar-refractivity contribution in [3.8, 4) is 17.2 Å². The molecular weight excluding hydrogens is 528 g/mol. The highest BCUT2D eigenvalue weighted by Gasteiger charge is 2.11. The van der Waals surface area contributed by atoms with Crippen LogP contribution in [0.5, 0.6) is 11.5 Å². The predicted molar refractivity (Wildman–Crippen MR) is 126 cm³/mol. The molecule has 9 heteroatoms. The summed E-state index contributed by atoms with van der Waals surface area (Å²) < 4.78 is 12.6. The predicted octanol–water partition coefficient (Wildman–Crippen LogP) is 5.28. The van der Waals surface area contributed by atoms with Crippen molar-refractivity contribution in [1.82, 2.24) is 15.0 Å². The van der Waals surface area contributed by atoms with Crippen molar-refractivity contribution < 1.29 is 14.3 Å². The second kappa shape index (κ2) is 9.07. The van der Waals surface area contributed by atoms with Crippen LogP contribution in [0.1, 0.15) is 5.56 Å². The van der Waals surface area contributed by atoms with Crippen LogP contribution in [0.25, 0.3) is 16.7 Å². The van der Waals surface area contributed by atoms with Crippen LogP contribution in [0.4, 0.5) is 5.69 Å². The minimum absolute atomic E-state index is 0.113. The van der Waals surface area contributed by atoms with E-state index in [1.54, 1.807) is 24.0 Å². The van der Waals surface area contributed by atoms with Gasteiger partial charge in [-0.2, -0.15) is 4.80 Å². The van der Waals surface area contributed by atoms with E-state index in [-0.39, 0.29) is 12.5 Å². The molecule has 0 saturated heterocycles. The van der Waals surface area contributed by atoms with E-state index in [2.05, 4.69) is 47.4 Å². The molecule has 1 N–H and O–H groups in total. The van der Waals surface area contributed by atoms with E-state index in [9.17, 15) is 4.79 Å². The number of amides is 1. The van der Waals surface area contributed by atoms with Crippen molar-refractivity contribution in [1.29, 1.82) is 0 Å². The van der Waals surface area contributed by atoms with Crippen molar-refractivity contribution in [2.75, 3.05) is 19.0 Å². The number of fused-ring (bicyclic) bond motifs is 1. The molecule has 1 amide bonds. The number of hydrogen-bond acceptors (Lipinski definition) is 5. The highest BCUT2D eigenvalue weighted by molar-refractivity contribution is 9.11. The number of nitrogens with zero attached hydrogens (tertiary/aromatic N) is 3. The molecule has 4 aromatic rings. The Morgan fingerprint density at radius 3 is 2.48 bits per heavy atom. The Balaban J connectivity index is 1.45. The van der Waals surface area contributed by atoms with E-state index in [0.29, 0.717) is 17.0 Å². The highest BCUT2D eigenvalue weighted by atomic mass is 79.9. The molecule has 7 nitrogen and oxygen atoms in total. The summed E-state index contributed by atoms with van der Waals surface area (Å²) in [6.07, 6.45) is 0. The fourth-order valence-corrected chi connectivity index (χ4v) is 4.58. The maximum atomic E-state index is 12.4. The number of nitrogens with one attached hydrogen (secondary N) is 1. The molecule has 0 aliphatic carbocycles. The van der Waals surface area contributed by atoms with E-state index < -0.39 is 0 Å². The summed E-state index contributed by atoms with van der Waals surface area (Å²) >= 11 is 6.89. The average Bonchev–Trinajstić information content (AvgIpc) is 3.16. The van der Waals surface area contributed by atoms with Crippen molar-refractivity contribution in [3.05, 3.63) is 69.1 Å². The van der Waals surface area contributed by atoms with Gasteiger partial charge in [-0.3, -0.25) is 4.79 Å². The summed E-state index contributed by atoms with van der Waals surface area (Å²) in [5.41, 5.74) is 3.74. The fourth-order valence-electron chi connectivity index (χ4n) is 3.03. The van der Waals surface area contributed by atoms with Crippen molar-refractivity contribution in [2.45, 2.75) is 6.92 Å². The quantitative estimate of drug-likeness (QED) is 0.356. The first kappa shape index (κ1) is 21.3. The zero-order valence-corrected chi connectivity index (χ0v) is 19.9. The van der Waals surface area contributed by atoms with Crippen LogP contribution in [0.2, 0.25) is 0 Å². The van der Waals surface area contributed by atoms with Gasteiger partial charge in [0.1, 0.15) is 22.5 Å². The van der Waals surface area contributed by atoms with E-state index in [1.165, 1.54) is 0 Å². The van der Waals surface area contributed by atoms with Crippen LogP contribution in [0.15, 0.2) is 63.5 Å². The van der Waals surface area contributed by atoms with Gasteiger partial charge in [-0.05, 0) is 83.0 Å². The number of hydrogen-bond donors (Lipinski definition) is 1. The summed E-state index contributed by atoms with van der Waals surface area (Å²) in [4.78, 5) is 13.9. The van der Waals surface area contributed by atoms with E-state index >= 15 is 0 Å². The van der Waals surface area contributed by atoms with Gasteiger partial charge in [0.25, 0.3) is 5.91 Å². The highest BCUT2D eigenvalue weighted by Crippen LogP contribution is 2.32. The molecule has 1 heterocycles. The zero-order chi connectivity index (χ0) is 22.0. The van der Waals surface area contributed by atoms with E-state index in [0.717, 1.165) is 31.5 Å². The monoisotopic (exact) mass is 544 g/mol. The number of halogens is 2. The largest absolute Gasteiger partial charge is 0.497 e. The van der Waals surface area contributed by atoms with Crippen LogP contribution in [0.3, 0.4) is 0 Å². The molecule has 0 bridgehead atoms. The number of ether oxygens (including phenoxy) is 2. The number of carbonyl (C=O) groups is 1. The lowest BCUT2D eigenvalue weighted by Crippen LogP contribution is -2.20. The third kappa shape index (κ3) is 4.88. The Bertz CT molecular complexity index is 1230. The number of rotatable bonds is 6. The first-order valence-corrected chi connectivity index (χ1v) is 10.9. The van der Waals surface area contributed by atoms with E-state index in [4.69, 9.17) is 9.47 Å². The molecule has 0 aliphatic rings. The van der Waals surface area contributed by atoms with Gasteiger partial charge in [0.2, 0.25) is 0 Å². The molecule has 1 aromatic heterocycles. The molecular formula is C22H18Br2N4O3. The summed E-state index contributed by atoms with van der Waals surface area (Å²) in [5, 5.41) is 11.8. The maximum Gasteiger partial charge on any atom is 0.262 e. The number of benzene rings is 3. The second-order valence-corrected chi connectivity index (χ2v) is 8.53. The molecule has 0 spiro atoms. The summed E-state index contributed by atoms with van der Waals surface area (Å²) in [6.45, 7) is 1.81. The Hall–Kier alpha value is -2.91. The minimum Gasteiger partial charge on any atom is -0.497 e. The van der Waals surface area contributed by atoms with Crippen LogP contribution in [-0.4, -0.2) is 34.6 Å². The first-order valence-electron chi connectivity index (χ1n) is 9.33. The number of carbonyl (C=O) groups excluding carboxylic acids is 1. The Morgan fingerprint density at radius 1 is 1.03 bits per heavy atom. The molecule has 158 valence electrons. The lowest BCUT2D eigenvalue weighted by atomic mass is 10.2. The summed E-state index contributed by atoms with van der Waals surface area (Å²) in [7, 11) is 1.62. The van der Waals surface area contributed by atoms with Crippen molar-refractivity contribution in [2.24, 2.45) is 0 Å². The van der Waals surface area contributed by atoms with Gasteiger partial charge < -0.3 is 14.8 Å². The standard InChI is InChI=1S/C22H18Br2N4O3/c1-13-9-14(23)10-18(24)22(13)31-12-21(29)25-15-3-8-19-20(11-15)27-28(26-19)16-4-6-17(30-2)7-5-16/h3-11H,12H2,1-2H3,(H,25,29). The van der Waals surface area contributed by atoms with Crippen LogP contribution >= 0.6 is 31.9 Å². The van der Waals surface area contributed by atoms with Gasteiger partial charge in [-0.1, -0.05) is 15.9 Å². The fraction of sp³-hybridized carbons (Fsp3) is 0.136. The SMILES string of the molecule is COc1ccc(-n2nc3ccc(NC(=O)COc4c(C)cc(Br)cc4Br)cc3n2)cc1. The van der Waals surface area contributed by atoms with Crippen LogP contribution in [0, 0.1) is 6.92 Å². The number of methoxy groups -OCH3 is 1. The van der Waals surface area contributed by atoms with Crippen molar-refractivity contribution in [3.63, 3.8) is 0 Å². The van der Waals surface area contributed by atoms with Gasteiger partial charge >= 0.3 is 0 Å². The lowest BCUT2D eigenvalue weighted by molar-refractivity contribution is -0.118. The number of aromatic nitrogens is 3. The smallest absolute Gasteiger partial charge is 0.262 e. The van der Waals surface area contributed by atoms with Gasteiger partial charge in [-0.15, -0.1) is 10.2 Å². The normalized spacial score (nSPS) is 10.8. The lowest BCUT2D eigenvalue weighted by Gasteiger charge is -2.12. The molecule has 0 unspecified atom stereocenters. The molecule has 0 aliphatic heterocycles. The molecule has 0 fully saturated rings. The maximum absolute atomic E-state index is 12.4. The van der Waals surface area contributed by atoms with Gasteiger partial charge in [-0.25, -0.2) is 0 Å².